The molecule has 1 aromatic carbocycles. The van der Waals surface area contributed by atoms with Gasteiger partial charge in [-0.15, -0.1) is 0 Å². The van der Waals surface area contributed by atoms with Crippen LogP contribution in [0.1, 0.15) is 24.8 Å². The number of benzene rings is 1. The predicted octanol–water partition coefficient (Wildman–Crippen LogP) is 0.896. The smallest absolute Gasteiger partial charge is 0.245 e. The van der Waals surface area contributed by atoms with E-state index in [1.165, 1.54) is 6.07 Å². The van der Waals surface area contributed by atoms with Crippen molar-refractivity contribution in [3.8, 4) is 0 Å². The van der Waals surface area contributed by atoms with E-state index in [0.29, 0.717) is 10.1 Å². The normalized spacial score (nSPS) is 26.2. The van der Waals surface area contributed by atoms with E-state index in [1.54, 1.807) is 12.1 Å². The van der Waals surface area contributed by atoms with Crippen molar-refractivity contribution in [1.82, 2.24) is 0 Å². The molecule has 1 fully saturated rings. The summed E-state index contributed by atoms with van der Waals surface area (Å²) in [5.74, 6) is 0.186. The predicted molar refractivity (Wildman–Crippen MR) is 81.1 cm³/mol. The van der Waals surface area contributed by atoms with Gasteiger partial charge in [0.1, 0.15) is 0 Å². The van der Waals surface area contributed by atoms with Crippen molar-refractivity contribution in [3.63, 3.8) is 0 Å². The molecule has 118 valence electrons. The lowest BCUT2D eigenvalue weighted by molar-refractivity contribution is 0.0117. The summed E-state index contributed by atoms with van der Waals surface area (Å²) in [6.45, 7) is 1.91. The molecule has 21 heavy (non-hydrogen) atoms. The van der Waals surface area contributed by atoms with Gasteiger partial charge in [0.25, 0.3) is 0 Å². The van der Waals surface area contributed by atoms with Crippen LogP contribution in [0, 0.1) is 5.92 Å². The monoisotopic (exact) mass is 333 g/mol. The summed E-state index contributed by atoms with van der Waals surface area (Å²) in [5, 5.41) is 9.58. The molecule has 2 rings (SSSR count). The summed E-state index contributed by atoms with van der Waals surface area (Å²) in [7, 11) is -7.87. The third-order valence-corrected chi connectivity index (χ3v) is 7.10. The van der Waals surface area contributed by atoms with Crippen LogP contribution in [0.3, 0.4) is 0 Å². The SMILES string of the molecule is CC1C(O)CC1c1cccc(N(S(C)(=O)=O)S(C)(=O)=O)c1. The van der Waals surface area contributed by atoms with Gasteiger partial charge in [-0.05, 0) is 36.0 Å². The molecule has 0 aromatic heterocycles. The zero-order valence-electron chi connectivity index (χ0n) is 12.1. The van der Waals surface area contributed by atoms with Gasteiger partial charge in [-0.2, -0.15) is 3.71 Å². The van der Waals surface area contributed by atoms with Crippen molar-refractivity contribution in [3.05, 3.63) is 29.8 Å². The largest absolute Gasteiger partial charge is 0.393 e. The van der Waals surface area contributed by atoms with Gasteiger partial charge in [-0.1, -0.05) is 19.1 Å². The quantitative estimate of drug-likeness (QED) is 0.884. The lowest BCUT2D eigenvalue weighted by Gasteiger charge is -2.40. The number of rotatable bonds is 4. The first kappa shape index (κ1) is 16.3. The van der Waals surface area contributed by atoms with Gasteiger partial charge in [0.2, 0.25) is 20.0 Å². The molecular weight excluding hydrogens is 314 g/mol. The van der Waals surface area contributed by atoms with E-state index < -0.39 is 20.0 Å². The van der Waals surface area contributed by atoms with Gasteiger partial charge in [0, 0.05) is 0 Å². The molecule has 0 radical (unpaired) electrons. The van der Waals surface area contributed by atoms with Crippen LogP contribution in [0.4, 0.5) is 5.69 Å². The fourth-order valence-corrected chi connectivity index (χ4v) is 5.66. The lowest BCUT2D eigenvalue weighted by Crippen LogP contribution is -2.38. The Bertz CT molecular complexity index is 710. The maximum absolute atomic E-state index is 11.8. The molecule has 1 aliphatic carbocycles. The molecule has 0 spiro atoms. The third-order valence-electron chi connectivity index (χ3n) is 3.85. The molecule has 3 unspecified atom stereocenters. The molecule has 8 heteroatoms. The van der Waals surface area contributed by atoms with Crippen molar-refractivity contribution in [2.24, 2.45) is 5.92 Å². The molecule has 1 saturated carbocycles. The highest BCUT2D eigenvalue weighted by molar-refractivity contribution is 8.09. The number of nitrogens with zero attached hydrogens (tertiary/aromatic N) is 1. The number of sulfonamides is 2. The van der Waals surface area contributed by atoms with E-state index in [0.717, 1.165) is 18.1 Å². The number of aliphatic hydroxyl groups excluding tert-OH is 1. The molecule has 3 atom stereocenters. The molecule has 0 heterocycles. The first-order chi connectivity index (χ1) is 9.51. The van der Waals surface area contributed by atoms with Crippen molar-refractivity contribution in [2.45, 2.75) is 25.4 Å². The summed E-state index contributed by atoms with van der Waals surface area (Å²) in [5.41, 5.74) is 0.939. The molecule has 0 saturated heterocycles. The summed E-state index contributed by atoms with van der Waals surface area (Å²) in [6.07, 6.45) is 1.95. The minimum Gasteiger partial charge on any atom is -0.393 e. The maximum atomic E-state index is 11.8. The van der Waals surface area contributed by atoms with Gasteiger partial charge >= 0.3 is 0 Å². The highest BCUT2D eigenvalue weighted by Gasteiger charge is 2.37. The zero-order chi connectivity index (χ0) is 16.0. The molecular formula is C13H19NO5S2. The lowest BCUT2D eigenvalue weighted by atomic mass is 9.69. The second kappa shape index (κ2) is 5.26. The molecule has 1 aliphatic rings. The Kier molecular flexibility index (Phi) is 4.07. The minimum absolute atomic E-state index is 0.0742. The van der Waals surface area contributed by atoms with Crippen molar-refractivity contribution in [2.75, 3.05) is 16.2 Å². The molecule has 6 nitrogen and oxygen atoms in total. The first-order valence-electron chi connectivity index (χ1n) is 6.50. The summed E-state index contributed by atoms with van der Waals surface area (Å²) in [4.78, 5) is 0. The zero-order valence-corrected chi connectivity index (χ0v) is 13.7. The van der Waals surface area contributed by atoms with Crippen LogP contribution in [0.5, 0.6) is 0 Å². The van der Waals surface area contributed by atoms with Crippen LogP contribution in [-0.4, -0.2) is 40.6 Å². The van der Waals surface area contributed by atoms with Gasteiger partial charge < -0.3 is 5.11 Å². The van der Waals surface area contributed by atoms with Crippen LogP contribution in [0.15, 0.2) is 24.3 Å². The first-order valence-corrected chi connectivity index (χ1v) is 10.2. The average molecular weight is 333 g/mol. The summed E-state index contributed by atoms with van der Waals surface area (Å²) >= 11 is 0. The highest BCUT2D eigenvalue weighted by Crippen LogP contribution is 2.43. The Morgan fingerprint density at radius 1 is 1.14 bits per heavy atom. The molecule has 0 amide bonds. The fraction of sp³-hybridized carbons (Fsp3) is 0.538. The summed E-state index contributed by atoms with van der Waals surface area (Å²) in [6, 6.07) is 6.46. The van der Waals surface area contributed by atoms with Gasteiger partial charge in [0.15, 0.2) is 0 Å². The second-order valence-electron chi connectivity index (χ2n) is 5.59. The standard InChI is InChI=1S/C13H19NO5S2/c1-9-12(8-13(9)15)10-5-4-6-11(7-10)14(20(2,16)17)21(3,18)19/h4-7,9,12-13,15H,8H2,1-3H3. The van der Waals surface area contributed by atoms with Crippen LogP contribution < -0.4 is 3.71 Å². The molecule has 1 aromatic rings. The maximum Gasteiger partial charge on any atom is 0.245 e. The van der Waals surface area contributed by atoms with E-state index in [-0.39, 0.29) is 23.6 Å². The Balaban J connectivity index is 2.45. The van der Waals surface area contributed by atoms with E-state index in [9.17, 15) is 21.9 Å². The number of aliphatic hydroxyl groups is 1. The van der Waals surface area contributed by atoms with E-state index in [2.05, 4.69) is 0 Å². The topological polar surface area (TPSA) is 91.8 Å². The van der Waals surface area contributed by atoms with E-state index in [1.807, 2.05) is 13.0 Å². The minimum atomic E-state index is -3.94. The molecule has 1 N–H and O–H groups in total. The Labute approximate surface area is 125 Å². The number of hydrogen-bond donors (Lipinski definition) is 1. The number of anilines is 1. The van der Waals surface area contributed by atoms with E-state index >= 15 is 0 Å². The highest BCUT2D eigenvalue weighted by atomic mass is 32.3. The fourth-order valence-electron chi connectivity index (χ4n) is 2.70. The Morgan fingerprint density at radius 2 is 1.71 bits per heavy atom. The van der Waals surface area contributed by atoms with Crippen LogP contribution in [0.2, 0.25) is 0 Å². The Hall–Kier alpha value is -1.12. The second-order valence-corrected chi connectivity index (χ2v) is 9.48. The average Bonchev–Trinajstić information content (AvgIpc) is 2.32. The van der Waals surface area contributed by atoms with Crippen molar-refractivity contribution >= 4 is 25.7 Å². The molecule has 0 bridgehead atoms. The van der Waals surface area contributed by atoms with Crippen molar-refractivity contribution < 1.29 is 21.9 Å². The number of hydrogen-bond acceptors (Lipinski definition) is 5. The van der Waals surface area contributed by atoms with Gasteiger partial charge in [0.05, 0.1) is 24.3 Å². The van der Waals surface area contributed by atoms with Crippen LogP contribution in [0.25, 0.3) is 0 Å². The third kappa shape index (κ3) is 3.22. The summed E-state index contributed by atoms with van der Waals surface area (Å²) < 4.78 is 47.5. The molecule has 0 aliphatic heterocycles. The Morgan fingerprint density at radius 3 is 2.14 bits per heavy atom. The van der Waals surface area contributed by atoms with Crippen LogP contribution in [-0.2, 0) is 20.0 Å². The van der Waals surface area contributed by atoms with Crippen molar-refractivity contribution in [1.29, 1.82) is 0 Å². The van der Waals surface area contributed by atoms with Gasteiger partial charge in [-0.25, -0.2) is 16.8 Å². The van der Waals surface area contributed by atoms with E-state index in [4.69, 9.17) is 0 Å². The van der Waals surface area contributed by atoms with Crippen LogP contribution >= 0.6 is 0 Å². The van der Waals surface area contributed by atoms with Gasteiger partial charge in [-0.3, -0.25) is 0 Å².